The number of esters is 1. The average Bonchev–Trinajstić information content (AvgIpc) is 2.31. The molecule has 0 saturated carbocycles. The van der Waals surface area contributed by atoms with Gasteiger partial charge in [-0.2, -0.15) is 0 Å². The van der Waals surface area contributed by atoms with Crippen LogP contribution in [0.25, 0.3) is 0 Å². The van der Waals surface area contributed by atoms with E-state index in [1.165, 1.54) is 0 Å². The van der Waals surface area contributed by atoms with Gasteiger partial charge >= 0.3 is 5.97 Å². The smallest absolute Gasteiger partial charge is 0.330 e. The maximum atomic E-state index is 10.7. The van der Waals surface area contributed by atoms with Crippen molar-refractivity contribution in [1.29, 1.82) is 0 Å². The Bertz CT molecular complexity index is 205. The predicted octanol–water partition coefficient (Wildman–Crippen LogP) is -1.73. The van der Waals surface area contributed by atoms with Crippen LogP contribution in [-0.4, -0.2) is 60.3 Å². The monoisotopic (exact) mass is 233 g/mol. The van der Waals surface area contributed by atoms with Crippen LogP contribution in [0.5, 0.6) is 0 Å². The van der Waals surface area contributed by atoms with Gasteiger partial charge in [-0.25, -0.2) is 4.79 Å². The summed E-state index contributed by atoms with van der Waals surface area (Å²) in [6, 6.07) is 0. The van der Waals surface area contributed by atoms with Crippen LogP contribution in [-0.2, 0) is 9.53 Å². The Balaban J connectivity index is 3.53. The number of rotatable bonds is 9. The quantitative estimate of drug-likeness (QED) is 0.279. The van der Waals surface area contributed by atoms with Gasteiger partial charge in [0.05, 0.1) is 0 Å². The van der Waals surface area contributed by atoms with Crippen molar-refractivity contribution in [1.82, 2.24) is 5.32 Å². The lowest BCUT2D eigenvalue weighted by atomic mass is 10.2. The first kappa shape index (κ1) is 15.0. The third-order valence-corrected chi connectivity index (χ3v) is 1.91. The Labute approximate surface area is 94.5 Å². The highest BCUT2D eigenvalue weighted by molar-refractivity contribution is 5.81. The Morgan fingerprint density at radius 1 is 1.38 bits per heavy atom. The topological polar surface area (TPSA) is 99.0 Å². The standard InChI is InChI=1S/C10H19NO5/c1-2-10(15)16-7-9(14)4-11-3-8(5-12)6-13/h2,8-9,11-14H,1,3-7H2. The lowest BCUT2D eigenvalue weighted by molar-refractivity contribution is -0.140. The zero-order chi connectivity index (χ0) is 12.4. The van der Waals surface area contributed by atoms with E-state index < -0.39 is 12.1 Å². The number of nitrogens with one attached hydrogen (secondary N) is 1. The van der Waals surface area contributed by atoms with E-state index in [9.17, 15) is 9.90 Å². The second-order valence-corrected chi connectivity index (χ2v) is 3.38. The molecule has 0 aromatic heterocycles. The first-order chi connectivity index (χ1) is 7.63. The summed E-state index contributed by atoms with van der Waals surface area (Å²) in [5.41, 5.74) is 0. The van der Waals surface area contributed by atoms with Crippen molar-refractivity contribution in [2.75, 3.05) is 32.9 Å². The molecule has 0 saturated heterocycles. The van der Waals surface area contributed by atoms with Gasteiger partial charge in [0.15, 0.2) is 0 Å². The van der Waals surface area contributed by atoms with Crippen LogP contribution >= 0.6 is 0 Å². The maximum absolute atomic E-state index is 10.7. The number of hydrogen-bond acceptors (Lipinski definition) is 6. The molecule has 0 aliphatic rings. The van der Waals surface area contributed by atoms with Crippen molar-refractivity contribution in [3.05, 3.63) is 12.7 Å². The fraction of sp³-hybridized carbons (Fsp3) is 0.700. The molecule has 0 aliphatic carbocycles. The molecule has 1 atom stereocenters. The van der Waals surface area contributed by atoms with Crippen LogP contribution in [0.3, 0.4) is 0 Å². The average molecular weight is 233 g/mol. The molecule has 0 aromatic carbocycles. The van der Waals surface area contributed by atoms with Gasteiger partial charge in [-0.15, -0.1) is 0 Å². The van der Waals surface area contributed by atoms with Gasteiger partial charge < -0.3 is 25.4 Å². The summed E-state index contributed by atoms with van der Waals surface area (Å²) < 4.78 is 4.62. The molecule has 16 heavy (non-hydrogen) atoms. The van der Waals surface area contributed by atoms with E-state index in [4.69, 9.17) is 10.2 Å². The summed E-state index contributed by atoms with van der Waals surface area (Å²) in [4.78, 5) is 10.7. The van der Waals surface area contributed by atoms with Crippen molar-refractivity contribution < 1.29 is 24.9 Å². The van der Waals surface area contributed by atoms with Crippen LogP contribution in [0.1, 0.15) is 0 Å². The minimum Gasteiger partial charge on any atom is -0.460 e. The van der Waals surface area contributed by atoms with Gasteiger partial charge in [-0.05, 0) is 0 Å². The lowest BCUT2D eigenvalue weighted by Crippen LogP contribution is -2.35. The maximum Gasteiger partial charge on any atom is 0.330 e. The van der Waals surface area contributed by atoms with E-state index in [1.807, 2.05) is 0 Å². The van der Waals surface area contributed by atoms with Gasteiger partial charge in [0.25, 0.3) is 0 Å². The predicted molar refractivity (Wildman–Crippen MR) is 57.7 cm³/mol. The molecule has 0 bridgehead atoms. The molecule has 94 valence electrons. The number of hydrogen-bond donors (Lipinski definition) is 4. The molecular weight excluding hydrogens is 214 g/mol. The van der Waals surface area contributed by atoms with Gasteiger partial charge in [-0.1, -0.05) is 6.58 Å². The Hall–Kier alpha value is -0.950. The van der Waals surface area contributed by atoms with Crippen LogP contribution in [0.2, 0.25) is 0 Å². The zero-order valence-corrected chi connectivity index (χ0v) is 9.13. The molecule has 6 heteroatoms. The third-order valence-electron chi connectivity index (χ3n) is 1.91. The van der Waals surface area contributed by atoms with Crippen LogP contribution in [0.4, 0.5) is 0 Å². The van der Waals surface area contributed by atoms with Crippen molar-refractivity contribution in [3.8, 4) is 0 Å². The third kappa shape index (κ3) is 7.36. The van der Waals surface area contributed by atoms with Crippen LogP contribution in [0.15, 0.2) is 12.7 Å². The second kappa shape index (κ2) is 9.29. The van der Waals surface area contributed by atoms with Crippen molar-refractivity contribution in [3.63, 3.8) is 0 Å². The second-order valence-electron chi connectivity index (χ2n) is 3.38. The molecule has 0 heterocycles. The molecular formula is C10H19NO5. The summed E-state index contributed by atoms with van der Waals surface area (Å²) in [5, 5.41) is 29.7. The molecule has 4 N–H and O–H groups in total. The van der Waals surface area contributed by atoms with Gasteiger partial charge in [0, 0.05) is 38.3 Å². The number of carbonyl (C=O) groups is 1. The first-order valence-corrected chi connectivity index (χ1v) is 5.03. The van der Waals surface area contributed by atoms with Gasteiger partial charge in [-0.3, -0.25) is 0 Å². The van der Waals surface area contributed by atoms with Crippen LogP contribution in [0, 0.1) is 5.92 Å². The highest BCUT2D eigenvalue weighted by Gasteiger charge is 2.09. The van der Waals surface area contributed by atoms with E-state index in [0.717, 1.165) is 6.08 Å². The first-order valence-electron chi connectivity index (χ1n) is 5.03. The highest BCUT2D eigenvalue weighted by Crippen LogP contribution is 1.91. The van der Waals surface area contributed by atoms with Crippen molar-refractivity contribution in [2.45, 2.75) is 6.10 Å². The SMILES string of the molecule is C=CC(=O)OCC(O)CNCC(CO)CO. The number of aliphatic hydroxyl groups is 3. The summed E-state index contributed by atoms with van der Waals surface area (Å²) >= 11 is 0. The Kier molecular flexibility index (Phi) is 8.74. The van der Waals surface area contributed by atoms with E-state index in [2.05, 4.69) is 16.6 Å². The zero-order valence-electron chi connectivity index (χ0n) is 9.13. The molecule has 0 radical (unpaired) electrons. The normalized spacial score (nSPS) is 12.5. The molecule has 1 unspecified atom stereocenters. The van der Waals surface area contributed by atoms with E-state index in [1.54, 1.807) is 0 Å². The largest absolute Gasteiger partial charge is 0.460 e. The lowest BCUT2D eigenvalue weighted by Gasteiger charge is -2.15. The van der Waals surface area contributed by atoms with Gasteiger partial charge in [0.2, 0.25) is 0 Å². The summed E-state index contributed by atoms with van der Waals surface area (Å²) in [6.45, 7) is 3.48. The number of ether oxygens (including phenoxy) is 1. The molecule has 0 amide bonds. The molecule has 0 aliphatic heterocycles. The van der Waals surface area contributed by atoms with E-state index in [0.29, 0.717) is 6.54 Å². The van der Waals surface area contributed by atoms with Crippen molar-refractivity contribution in [2.24, 2.45) is 5.92 Å². The summed E-state index contributed by atoms with van der Waals surface area (Å²) in [7, 11) is 0. The Morgan fingerprint density at radius 2 is 2.00 bits per heavy atom. The van der Waals surface area contributed by atoms with Gasteiger partial charge in [0.1, 0.15) is 12.7 Å². The van der Waals surface area contributed by atoms with E-state index >= 15 is 0 Å². The molecule has 6 nitrogen and oxygen atoms in total. The summed E-state index contributed by atoms with van der Waals surface area (Å²) in [6.07, 6.45) is 0.204. The number of aliphatic hydroxyl groups excluding tert-OH is 3. The minimum atomic E-state index is -0.818. The Morgan fingerprint density at radius 3 is 2.50 bits per heavy atom. The van der Waals surface area contributed by atoms with Crippen molar-refractivity contribution >= 4 is 5.97 Å². The summed E-state index contributed by atoms with van der Waals surface area (Å²) in [5.74, 6) is -0.828. The minimum absolute atomic E-state index is 0.110. The number of carbonyl (C=O) groups excluding carboxylic acids is 1. The highest BCUT2D eigenvalue weighted by atomic mass is 16.5. The molecule has 0 spiro atoms. The fourth-order valence-electron chi connectivity index (χ4n) is 0.937. The molecule has 0 aromatic rings. The fourth-order valence-corrected chi connectivity index (χ4v) is 0.937. The van der Waals surface area contributed by atoms with E-state index in [-0.39, 0.29) is 32.3 Å². The van der Waals surface area contributed by atoms with Crippen LogP contribution < -0.4 is 5.32 Å². The molecule has 0 rings (SSSR count). The molecule has 0 fully saturated rings.